The largest absolute Gasteiger partial charge is 0.481 e. The summed E-state index contributed by atoms with van der Waals surface area (Å²) in [5.41, 5.74) is 3.83. The van der Waals surface area contributed by atoms with Crippen molar-refractivity contribution < 1.29 is 26.7 Å². The van der Waals surface area contributed by atoms with E-state index in [4.69, 9.17) is 34.8 Å². The van der Waals surface area contributed by atoms with Gasteiger partial charge in [-0.05, 0) is 97.5 Å². The molecule has 0 bridgehead atoms. The van der Waals surface area contributed by atoms with Gasteiger partial charge in [-0.3, -0.25) is 4.79 Å². The number of aliphatic carboxylic acids is 1. The number of rotatable bonds is 15. The molecule has 6 aromatic rings. The third-order valence-electron chi connectivity index (χ3n) is 9.97. The second kappa shape index (κ2) is 16.7. The molecule has 8 nitrogen and oxygen atoms in total. The maximum atomic E-state index is 14.7. The Morgan fingerprint density at radius 3 is 1.93 bits per heavy atom. The minimum absolute atomic E-state index is 0.0438. The molecule has 0 saturated heterocycles. The van der Waals surface area contributed by atoms with Gasteiger partial charge < -0.3 is 9.67 Å². The lowest BCUT2D eigenvalue weighted by molar-refractivity contribution is -0.146. The van der Waals surface area contributed by atoms with Crippen LogP contribution in [0.15, 0.2) is 126 Å². The molecule has 5 aromatic carbocycles. The van der Waals surface area contributed by atoms with E-state index >= 15 is 0 Å². The average molecular weight is 852 g/mol. The van der Waals surface area contributed by atoms with E-state index in [-0.39, 0.29) is 35.1 Å². The summed E-state index contributed by atoms with van der Waals surface area (Å²) in [5, 5.41) is 10.1. The molecule has 0 aliphatic carbocycles. The first-order valence-corrected chi connectivity index (χ1v) is 22.2. The summed E-state index contributed by atoms with van der Waals surface area (Å²) in [6, 6.07) is 35.6. The molecule has 0 aliphatic heterocycles. The molecule has 1 atom stereocenters. The predicted octanol–water partition coefficient (Wildman–Crippen LogP) is 10.1. The summed E-state index contributed by atoms with van der Waals surface area (Å²) in [6.45, 7) is 4.83. The summed E-state index contributed by atoms with van der Waals surface area (Å²) in [4.78, 5) is 11.8. The molecule has 0 aliphatic rings. The topological polar surface area (TPSA) is 123 Å². The van der Waals surface area contributed by atoms with Crippen molar-refractivity contribution in [3.05, 3.63) is 170 Å². The molecule has 6 rings (SSSR count). The highest BCUT2D eigenvalue weighted by molar-refractivity contribution is 7.91. The molecule has 13 heteroatoms. The second-order valence-electron chi connectivity index (χ2n) is 14.5. The number of sulfone groups is 1. The van der Waals surface area contributed by atoms with Crippen molar-refractivity contribution in [2.24, 2.45) is 5.41 Å². The fourth-order valence-corrected chi connectivity index (χ4v) is 10.2. The number of benzene rings is 5. The normalized spacial score (nSPS) is 13.0. The third kappa shape index (κ3) is 9.01. The van der Waals surface area contributed by atoms with Gasteiger partial charge in [0.2, 0.25) is 10.0 Å². The molecule has 1 aromatic heterocycles. The van der Waals surface area contributed by atoms with Gasteiger partial charge >= 0.3 is 5.97 Å². The number of carboxylic acid groups (broad SMARTS) is 1. The number of carbonyl (C=O) groups is 1. The van der Waals surface area contributed by atoms with Crippen LogP contribution >= 0.6 is 34.8 Å². The van der Waals surface area contributed by atoms with Crippen molar-refractivity contribution in [2.45, 2.75) is 55.6 Å². The molecule has 0 saturated carbocycles. The number of hydrogen-bond acceptors (Lipinski definition) is 5. The fraction of sp³-hybridized carbons (Fsp3) is 0.233. The lowest BCUT2D eigenvalue weighted by Crippen LogP contribution is -2.29. The van der Waals surface area contributed by atoms with Crippen LogP contribution in [0.2, 0.25) is 15.1 Å². The quantitative estimate of drug-likeness (QED) is 0.106. The molecule has 0 fully saturated rings. The number of nitrogens with zero attached hydrogens (tertiary/aromatic N) is 1. The van der Waals surface area contributed by atoms with E-state index in [1.165, 1.54) is 18.2 Å². The number of carboxylic acids is 1. The van der Waals surface area contributed by atoms with Gasteiger partial charge in [0, 0.05) is 34.6 Å². The van der Waals surface area contributed by atoms with Crippen LogP contribution in [-0.2, 0) is 43.2 Å². The highest BCUT2D eigenvalue weighted by atomic mass is 35.5. The van der Waals surface area contributed by atoms with Crippen LogP contribution in [0.25, 0.3) is 10.9 Å². The van der Waals surface area contributed by atoms with Crippen molar-refractivity contribution in [1.82, 2.24) is 9.29 Å². The smallest absolute Gasteiger partial charge is 0.309 e. The zero-order valence-electron chi connectivity index (χ0n) is 30.9. The van der Waals surface area contributed by atoms with E-state index in [0.717, 1.165) is 16.6 Å². The number of aromatic nitrogens is 1. The van der Waals surface area contributed by atoms with Crippen molar-refractivity contribution in [3.8, 4) is 0 Å². The Kier molecular flexibility index (Phi) is 12.4. The van der Waals surface area contributed by atoms with E-state index < -0.39 is 42.5 Å². The number of sulfonamides is 1. The van der Waals surface area contributed by atoms with Gasteiger partial charge in [-0.2, -0.15) is 0 Å². The molecule has 56 heavy (non-hydrogen) atoms. The Balaban J connectivity index is 1.49. The molecule has 1 heterocycles. The van der Waals surface area contributed by atoms with Crippen LogP contribution in [0.3, 0.4) is 0 Å². The fourth-order valence-electron chi connectivity index (χ4n) is 7.10. The van der Waals surface area contributed by atoms with Gasteiger partial charge in [0.1, 0.15) is 0 Å². The Morgan fingerprint density at radius 1 is 0.768 bits per heavy atom. The van der Waals surface area contributed by atoms with Crippen molar-refractivity contribution in [2.75, 3.05) is 6.54 Å². The first kappa shape index (κ1) is 41.5. The number of hydrogen-bond donors (Lipinski definition) is 2. The minimum atomic E-state index is -4.07. The van der Waals surface area contributed by atoms with E-state index in [9.17, 15) is 26.7 Å². The zero-order valence-corrected chi connectivity index (χ0v) is 34.8. The first-order chi connectivity index (χ1) is 26.5. The van der Waals surface area contributed by atoms with Crippen LogP contribution in [0.1, 0.15) is 65.6 Å². The van der Waals surface area contributed by atoms with E-state index in [1.807, 2.05) is 66.7 Å². The van der Waals surface area contributed by atoms with Gasteiger partial charge in [-0.25, -0.2) is 21.6 Å². The minimum Gasteiger partial charge on any atom is -0.481 e. The Hall–Kier alpha value is -4.16. The van der Waals surface area contributed by atoms with Crippen LogP contribution in [0.5, 0.6) is 0 Å². The SMILES string of the molecule is CC(c1c(CCNS(=O)(=O)Cc2ccc(Cl)c(Cl)c2)n(C(c2ccccc2)c2ccccc2)c2ccc(Cl)cc12)S(=O)(=O)c1ccc(CC(C)(C)C(=O)O)cc1. The van der Waals surface area contributed by atoms with Crippen LogP contribution in [-0.4, -0.2) is 39.0 Å². The number of halogens is 3. The summed E-state index contributed by atoms with van der Waals surface area (Å²) < 4.78 is 61.0. The lowest BCUT2D eigenvalue weighted by atomic mass is 9.86. The summed E-state index contributed by atoms with van der Waals surface area (Å²) in [5.74, 6) is -1.29. The van der Waals surface area contributed by atoms with Crippen molar-refractivity contribution in [3.63, 3.8) is 0 Å². The van der Waals surface area contributed by atoms with Gasteiger partial charge in [-0.15, -0.1) is 0 Å². The molecular formula is C43H41Cl3N2O6S2. The lowest BCUT2D eigenvalue weighted by Gasteiger charge is -2.25. The van der Waals surface area contributed by atoms with Crippen molar-refractivity contribution in [1.29, 1.82) is 0 Å². The molecular weight excluding hydrogens is 811 g/mol. The first-order valence-electron chi connectivity index (χ1n) is 17.9. The van der Waals surface area contributed by atoms with E-state index in [0.29, 0.717) is 37.8 Å². The highest BCUT2D eigenvalue weighted by Gasteiger charge is 2.34. The van der Waals surface area contributed by atoms with Gasteiger partial charge in [0.15, 0.2) is 9.84 Å². The maximum absolute atomic E-state index is 14.7. The Bertz CT molecular complexity index is 2560. The van der Waals surface area contributed by atoms with Crippen LogP contribution in [0, 0.1) is 5.41 Å². The highest BCUT2D eigenvalue weighted by Crippen LogP contribution is 2.43. The summed E-state index contributed by atoms with van der Waals surface area (Å²) in [7, 11) is -7.95. The molecule has 1 unspecified atom stereocenters. The summed E-state index contributed by atoms with van der Waals surface area (Å²) >= 11 is 18.9. The Morgan fingerprint density at radius 2 is 1.36 bits per heavy atom. The number of nitrogens with one attached hydrogen (secondary N) is 1. The third-order valence-corrected chi connectivity index (χ3v) is 14.4. The summed E-state index contributed by atoms with van der Waals surface area (Å²) in [6.07, 6.45) is 0.344. The van der Waals surface area contributed by atoms with Gasteiger partial charge in [-0.1, -0.05) is 114 Å². The van der Waals surface area contributed by atoms with E-state index in [2.05, 4.69) is 9.29 Å². The molecule has 0 amide bonds. The van der Waals surface area contributed by atoms with Gasteiger partial charge in [0.25, 0.3) is 0 Å². The average Bonchev–Trinajstić information content (AvgIpc) is 3.45. The monoisotopic (exact) mass is 850 g/mol. The van der Waals surface area contributed by atoms with Gasteiger partial charge in [0.05, 0.1) is 37.4 Å². The van der Waals surface area contributed by atoms with Crippen molar-refractivity contribution >= 4 is 71.5 Å². The molecule has 0 spiro atoms. The zero-order chi connectivity index (χ0) is 40.4. The van der Waals surface area contributed by atoms with Crippen LogP contribution in [0.4, 0.5) is 0 Å². The number of fused-ring (bicyclic) bond motifs is 1. The molecule has 292 valence electrons. The standard InChI is InChI=1S/C43H41Cl3N2O6S2/c1-28(56(53,54)34-18-14-29(15-19-34)26-43(2,3)42(49)50)40-35-25-33(44)17-21-38(35)48(41(31-10-6-4-7-11-31)32-12-8-5-9-13-32)39(40)22-23-47-55(51,52)27-30-16-20-36(45)37(46)24-30/h4-21,24-25,28,41,47H,22-23,26-27H2,1-3H3,(H,49,50). The molecule has 2 N–H and O–H groups in total. The maximum Gasteiger partial charge on any atom is 0.309 e. The second-order valence-corrected chi connectivity index (χ2v) is 19.8. The predicted molar refractivity (Wildman–Crippen MR) is 225 cm³/mol. The Labute approximate surface area is 343 Å². The van der Waals surface area contributed by atoms with Crippen LogP contribution < -0.4 is 4.72 Å². The van der Waals surface area contributed by atoms with E-state index in [1.54, 1.807) is 57.2 Å². The molecule has 0 radical (unpaired) electrons.